The molecule has 2 aromatic carbocycles. The van der Waals surface area contributed by atoms with Gasteiger partial charge in [0.2, 0.25) is 0 Å². The summed E-state index contributed by atoms with van der Waals surface area (Å²) >= 11 is 1.94. The van der Waals surface area contributed by atoms with Gasteiger partial charge in [-0.1, -0.05) is 67.1 Å². The second-order valence-corrected chi connectivity index (χ2v) is 9.35. The van der Waals surface area contributed by atoms with Gasteiger partial charge in [0, 0.05) is 30.5 Å². The summed E-state index contributed by atoms with van der Waals surface area (Å²) in [5.74, 6) is 0.209. The maximum Gasteiger partial charge on any atom is 0.321 e. The number of rotatable bonds is 9. The second kappa shape index (κ2) is 9.56. The molecule has 0 spiro atoms. The summed E-state index contributed by atoms with van der Waals surface area (Å²) in [5.41, 5.74) is 2.30. The van der Waals surface area contributed by atoms with Crippen LogP contribution in [0.2, 0.25) is 0 Å². The predicted octanol–water partition coefficient (Wildman–Crippen LogP) is 4.62. The summed E-state index contributed by atoms with van der Waals surface area (Å²) < 4.78 is 0. The van der Waals surface area contributed by atoms with E-state index in [1.807, 2.05) is 53.1 Å². The van der Waals surface area contributed by atoms with Crippen molar-refractivity contribution in [2.45, 2.75) is 56.1 Å². The lowest BCUT2D eigenvalue weighted by Crippen LogP contribution is -2.40. The molecule has 0 saturated carbocycles. The monoisotopic (exact) mass is 424 g/mol. The molecule has 0 aliphatic carbocycles. The van der Waals surface area contributed by atoms with Gasteiger partial charge in [-0.3, -0.25) is 4.79 Å². The number of benzene rings is 2. The van der Waals surface area contributed by atoms with E-state index in [1.54, 1.807) is 0 Å². The number of carboxylic acids is 1. The third kappa shape index (κ3) is 4.64. The van der Waals surface area contributed by atoms with E-state index in [4.69, 9.17) is 5.11 Å². The highest BCUT2D eigenvalue weighted by molar-refractivity contribution is 8.00. The van der Waals surface area contributed by atoms with E-state index in [0.717, 1.165) is 29.7 Å². The van der Waals surface area contributed by atoms with Crippen molar-refractivity contribution in [2.24, 2.45) is 0 Å². The molecule has 0 unspecified atom stereocenters. The molecule has 2 aliphatic heterocycles. The largest absolute Gasteiger partial charge is 0.481 e. The number of aliphatic carboxylic acids is 1. The van der Waals surface area contributed by atoms with E-state index in [-0.39, 0.29) is 24.5 Å². The molecular weight excluding hydrogens is 396 g/mol. The van der Waals surface area contributed by atoms with E-state index in [0.29, 0.717) is 24.8 Å². The van der Waals surface area contributed by atoms with Crippen LogP contribution in [-0.2, 0) is 17.9 Å². The molecular formula is C24H28N2O3S. The maximum absolute atomic E-state index is 13.5. The van der Waals surface area contributed by atoms with Crippen molar-refractivity contribution in [2.75, 3.05) is 5.75 Å². The summed E-state index contributed by atoms with van der Waals surface area (Å²) in [5, 5.41) is 9.27. The van der Waals surface area contributed by atoms with E-state index >= 15 is 0 Å². The minimum Gasteiger partial charge on any atom is -0.481 e. The Kier molecular flexibility index (Phi) is 6.62. The molecule has 6 heteroatoms. The van der Waals surface area contributed by atoms with Crippen molar-refractivity contribution < 1.29 is 14.7 Å². The topological polar surface area (TPSA) is 60.9 Å². The number of carboxylic acid groups (broad SMARTS) is 1. The van der Waals surface area contributed by atoms with Crippen LogP contribution in [0, 0.1) is 0 Å². The highest BCUT2D eigenvalue weighted by Gasteiger charge is 2.52. The molecule has 0 bridgehead atoms. The Morgan fingerprint density at radius 3 is 2.13 bits per heavy atom. The number of fused-ring (bicyclic) bond motifs is 1. The zero-order chi connectivity index (χ0) is 20.9. The summed E-state index contributed by atoms with van der Waals surface area (Å²) in [6.45, 7) is 1.26. The Morgan fingerprint density at radius 1 is 0.933 bits per heavy atom. The number of carbonyl (C=O) groups is 2. The van der Waals surface area contributed by atoms with Crippen LogP contribution in [0.1, 0.15) is 36.8 Å². The fourth-order valence-electron chi connectivity index (χ4n) is 4.58. The Balaban J connectivity index is 1.51. The zero-order valence-corrected chi connectivity index (χ0v) is 17.8. The molecule has 30 heavy (non-hydrogen) atoms. The zero-order valence-electron chi connectivity index (χ0n) is 17.0. The van der Waals surface area contributed by atoms with Crippen LogP contribution in [0.4, 0.5) is 4.79 Å². The molecule has 2 aromatic rings. The van der Waals surface area contributed by atoms with Crippen molar-refractivity contribution >= 4 is 23.8 Å². The third-order valence-corrected chi connectivity index (χ3v) is 7.51. The van der Waals surface area contributed by atoms with E-state index < -0.39 is 5.97 Å². The molecule has 2 fully saturated rings. The summed E-state index contributed by atoms with van der Waals surface area (Å²) in [6, 6.07) is 20.9. The number of nitrogens with zero attached hydrogens (tertiary/aromatic N) is 2. The van der Waals surface area contributed by atoms with Gasteiger partial charge in [0.05, 0.1) is 12.1 Å². The predicted molar refractivity (Wildman–Crippen MR) is 119 cm³/mol. The molecule has 2 heterocycles. The number of hydrogen-bond acceptors (Lipinski definition) is 3. The van der Waals surface area contributed by atoms with Crippen molar-refractivity contribution in [3.8, 4) is 0 Å². The average Bonchev–Trinajstić information content (AvgIpc) is 3.27. The first-order valence-electron chi connectivity index (χ1n) is 10.6. The molecule has 2 amide bonds. The Morgan fingerprint density at radius 2 is 1.53 bits per heavy atom. The summed E-state index contributed by atoms with van der Waals surface area (Å²) in [7, 11) is 0. The number of hydrogen-bond donors (Lipinski definition) is 1. The molecule has 1 N–H and O–H groups in total. The lowest BCUT2D eigenvalue weighted by atomic mass is 10.0. The van der Waals surface area contributed by atoms with Gasteiger partial charge < -0.3 is 14.9 Å². The highest BCUT2D eigenvalue weighted by atomic mass is 32.2. The average molecular weight is 425 g/mol. The molecule has 4 rings (SSSR count). The molecule has 2 saturated heterocycles. The Hall–Kier alpha value is -2.47. The Bertz CT molecular complexity index is 861. The minimum atomic E-state index is -0.734. The van der Waals surface area contributed by atoms with Crippen LogP contribution >= 0.6 is 11.8 Å². The second-order valence-electron chi connectivity index (χ2n) is 8.08. The van der Waals surface area contributed by atoms with Gasteiger partial charge in [0.15, 0.2) is 0 Å². The number of carbonyl (C=O) groups excluding carboxylic acids is 1. The van der Waals surface area contributed by atoms with Crippen molar-refractivity contribution in [3.63, 3.8) is 0 Å². The van der Waals surface area contributed by atoms with Crippen LogP contribution in [0.25, 0.3) is 0 Å². The SMILES string of the molecule is O=C(O)CCCC[C@H]1SC[C@H]2[C@@H]1N(Cc1ccccc1)C(=O)N2Cc1ccccc1. The van der Waals surface area contributed by atoms with Gasteiger partial charge in [-0.25, -0.2) is 4.79 Å². The van der Waals surface area contributed by atoms with Crippen LogP contribution in [-0.4, -0.2) is 50.0 Å². The van der Waals surface area contributed by atoms with Gasteiger partial charge in [-0.2, -0.15) is 11.8 Å². The fourth-order valence-corrected chi connectivity index (χ4v) is 6.26. The van der Waals surface area contributed by atoms with Crippen LogP contribution in [0.15, 0.2) is 60.7 Å². The molecule has 0 aromatic heterocycles. The van der Waals surface area contributed by atoms with Crippen LogP contribution < -0.4 is 0 Å². The quantitative estimate of drug-likeness (QED) is 0.471. The normalized spacial score (nSPS) is 23.1. The molecule has 5 nitrogen and oxygen atoms in total. The van der Waals surface area contributed by atoms with Crippen molar-refractivity contribution in [1.29, 1.82) is 0 Å². The lowest BCUT2D eigenvalue weighted by molar-refractivity contribution is -0.137. The van der Waals surface area contributed by atoms with E-state index in [2.05, 4.69) is 29.2 Å². The smallest absolute Gasteiger partial charge is 0.321 e. The van der Waals surface area contributed by atoms with Crippen molar-refractivity contribution in [1.82, 2.24) is 9.80 Å². The van der Waals surface area contributed by atoms with Gasteiger partial charge in [-0.15, -0.1) is 0 Å². The summed E-state index contributed by atoms with van der Waals surface area (Å²) in [4.78, 5) is 28.4. The number of urea groups is 1. The highest BCUT2D eigenvalue weighted by Crippen LogP contribution is 2.42. The molecule has 2 aliphatic rings. The fraction of sp³-hybridized carbons (Fsp3) is 0.417. The van der Waals surface area contributed by atoms with Crippen LogP contribution in [0.3, 0.4) is 0 Å². The number of unbranched alkanes of at least 4 members (excludes halogenated alkanes) is 1. The Labute approximate surface area is 182 Å². The van der Waals surface area contributed by atoms with Crippen LogP contribution in [0.5, 0.6) is 0 Å². The maximum atomic E-state index is 13.5. The van der Waals surface area contributed by atoms with Gasteiger partial charge in [0.25, 0.3) is 0 Å². The number of amides is 2. The van der Waals surface area contributed by atoms with Crippen molar-refractivity contribution in [3.05, 3.63) is 71.8 Å². The minimum absolute atomic E-state index is 0.119. The first-order valence-corrected chi connectivity index (χ1v) is 11.7. The molecule has 3 atom stereocenters. The van der Waals surface area contributed by atoms with Gasteiger partial charge >= 0.3 is 12.0 Å². The molecule has 0 radical (unpaired) electrons. The summed E-state index contributed by atoms with van der Waals surface area (Å²) in [6.07, 6.45) is 2.76. The first-order chi connectivity index (χ1) is 14.6. The standard InChI is InChI=1S/C24H28N2O3S/c27-22(28)14-8-7-13-21-23-20(17-30-21)25(15-18-9-3-1-4-10-18)24(29)26(23)16-19-11-5-2-6-12-19/h1-6,9-12,20-21,23H,7-8,13-17H2,(H,27,28)/t20-,21+,23-/m0/s1. The van der Waals surface area contributed by atoms with E-state index in [9.17, 15) is 9.59 Å². The molecule has 158 valence electrons. The van der Waals surface area contributed by atoms with Gasteiger partial charge in [-0.05, 0) is 24.0 Å². The van der Waals surface area contributed by atoms with E-state index in [1.165, 1.54) is 0 Å². The van der Waals surface area contributed by atoms with Gasteiger partial charge in [0.1, 0.15) is 0 Å². The first kappa shape index (κ1) is 20.8. The third-order valence-electron chi connectivity index (χ3n) is 6.03. The number of thioether (sulfide) groups is 1. The lowest BCUT2D eigenvalue weighted by Gasteiger charge is -2.27.